The number of aryl methyl sites for hydroxylation is 1. The van der Waals surface area contributed by atoms with Gasteiger partial charge in [-0.2, -0.15) is 5.10 Å². The van der Waals surface area contributed by atoms with Crippen LogP contribution in [0.2, 0.25) is 0 Å². The van der Waals surface area contributed by atoms with E-state index in [1.807, 2.05) is 0 Å². The van der Waals surface area contributed by atoms with E-state index in [-0.39, 0.29) is 11.5 Å². The van der Waals surface area contributed by atoms with Gasteiger partial charge in [-0.15, -0.1) is 0 Å². The van der Waals surface area contributed by atoms with E-state index < -0.39 is 10.0 Å². The van der Waals surface area contributed by atoms with Crippen LogP contribution < -0.4 is 4.72 Å². The molecular weight excluding hydrogens is 266 g/mol. The standard InChI is InChI=1S/C12H21N3O3S/c1-9-12(10(2)15(14-9)6-7-16)19(17,18)13-8-11-4-3-5-11/h11,13,16H,3-8H2,1-2H3. The van der Waals surface area contributed by atoms with Crippen LogP contribution in [0, 0.1) is 19.8 Å². The van der Waals surface area contributed by atoms with Gasteiger partial charge in [-0.25, -0.2) is 13.1 Å². The van der Waals surface area contributed by atoms with Crippen molar-refractivity contribution in [2.75, 3.05) is 13.2 Å². The summed E-state index contributed by atoms with van der Waals surface area (Å²) in [5, 5.41) is 13.1. The van der Waals surface area contributed by atoms with E-state index in [9.17, 15) is 8.42 Å². The first-order valence-corrected chi connectivity index (χ1v) is 8.08. The molecular formula is C12H21N3O3S. The molecule has 0 saturated heterocycles. The maximum Gasteiger partial charge on any atom is 0.244 e. The van der Waals surface area contributed by atoms with Crippen LogP contribution in [0.25, 0.3) is 0 Å². The van der Waals surface area contributed by atoms with Crippen LogP contribution in [0.1, 0.15) is 30.7 Å². The lowest BCUT2D eigenvalue weighted by Crippen LogP contribution is -2.32. The van der Waals surface area contributed by atoms with Gasteiger partial charge in [-0.1, -0.05) is 6.42 Å². The molecule has 2 N–H and O–H groups in total. The van der Waals surface area contributed by atoms with Crippen molar-refractivity contribution in [1.29, 1.82) is 0 Å². The molecule has 0 unspecified atom stereocenters. The summed E-state index contributed by atoms with van der Waals surface area (Å²) in [7, 11) is -3.51. The fourth-order valence-electron chi connectivity index (χ4n) is 2.38. The normalized spacial score (nSPS) is 16.6. The SMILES string of the molecule is Cc1nn(CCO)c(C)c1S(=O)(=O)NCC1CCC1. The minimum absolute atomic E-state index is 0.0586. The molecule has 0 atom stereocenters. The van der Waals surface area contributed by atoms with Crippen LogP contribution >= 0.6 is 0 Å². The molecule has 1 aliphatic carbocycles. The van der Waals surface area contributed by atoms with Gasteiger partial charge in [0.25, 0.3) is 0 Å². The van der Waals surface area contributed by atoms with E-state index in [1.54, 1.807) is 13.8 Å². The molecule has 0 amide bonds. The molecule has 108 valence electrons. The molecule has 1 aliphatic rings. The average Bonchev–Trinajstić information content (AvgIpc) is 2.52. The second-order valence-electron chi connectivity index (χ2n) is 5.10. The lowest BCUT2D eigenvalue weighted by molar-refractivity contribution is 0.267. The number of hydrogen-bond donors (Lipinski definition) is 2. The summed E-state index contributed by atoms with van der Waals surface area (Å²) in [6.07, 6.45) is 3.40. The molecule has 2 rings (SSSR count). The van der Waals surface area contributed by atoms with Gasteiger partial charge in [0.1, 0.15) is 4.90 Å². The monoisotopic (exact) mass is 287 g/mol. The van der Waals surface area contributed by atoms with Gasteiger partial charge in [0.05, 0.1) is 24.5 Å². The number of hydrogen-bond acceptors (Lipinski definition) is 4. The Kier molecular flexibility index (Phi) is 4.27. The molecule has 1 fully saturated rings. The van der Waals surface area contributed by atoms with E-state index in [0.29, 0.717) is 30.4 Å². The Morgan fingerprint density at radius 1 is 1.42 bits per heavy atom. The number of nitrogens with one attached hydrogen (secondary N) is 1. The van der Waals surface area contributed by atoms with Gasteiger partial charge in [0.2, 0.25) is 10.0 Å². The number of sulfonamides is 1. The van der Waals surface area contributed by atoms with Gasteiger partial charge in [0.15, 0.2) is 0 Å². The summed E-state index contributed by atoms with van der Waals surface area (Å²) < 4.78 is 28.8. The zero-order valence-electron chi connectivity index (χ0n) is 11.4. The van der Waals surface area contributed by atoms with Crippen LogP contribution in [0.4, 0.5) is 0 Å². The molecule has 1 saturated carbocycles. The third-order valence-corrected chi connectivity index (χ3v) is 5.36. The summed E-state index contributed by atoms with van der Waals surface area (Å²) in [4.78, 5) is 0.250. The Hall–Kier alpha value is -0.920. The average molecular weight is 287 g/mol. The van der Waals surface area contributed by atoms with E-state index in [0.717, 1.165) is 12.8 Å². The van der Waals surface area contributed by atoms with Crippen molar-refractivity contribution in [3.05, 3.63) is 11.4 Å². The third kappa shape index (κ3) is 2.98. The van der Waals surface area contributed by atoms with Crippen LogP contribution in [0.5, 0.6) is 0 Å². The highest BCUT2D eigenvalue weighted by Crippen LogP contribution is 2.26. The van der Waals surface area contributed by atoms with Crippen LogP contribution in [0.3, 0.4) is 0 Å². The maximum absolute atomic E-state index is 12.3. The molecule has 1 aromatic rings. The van der Waals surface area contributed by atoms with E-state index in [1.165, 1.54) is 11.1 Å². The highest BCUT2D eigenvalue weighted by atomic mass is 32.2. The first kappa shape index (κ1) is 14.5. The Balaban J connectivity index is 2.18. The lowest BCUT2D eigenvalue weighted by atomic mass is 9.86. The molecule has 1 aromatic heterocycles. The summed E-state index contributed by atoms with van der Waals surface area (Å²) in [6, 6.07) is 0. The smallest absolute Gasteiger partial charge is 0.244 e. The Labute approximate surface area is 113 Å². The predicted octanol–water partition coefficient (Wildman–Crippen LogP) is 0.571. The molecule has 0 aliphatic heterocycles. The molecule has 0 bridgehead atoms. The molecule has 0 radical (unpaired) electrons. The molecule has 6 nitrogen and oxygen atoms in total. The lowest BCUT2D eigenvalue weighted by Gasteiger charge is -2.25. The van der Waals surface area contributed by atoms with Crippen LogP contribution in [-0.4, -0.2) is 36.5 Å². The summed E-state index contributed by atoms with van der Waals surface area (Å²) >= 11 is 0. The van der Waals surface area contributed by atoms with E-state index in [2.05, 4.69) is 9.82 Å². The first-order valence-electron chi connectivity index (χ1n) is 6.60. The zero-order valence-corrected chi connectivity index (χ0v) is 12.2. The molecule has 19 heavy (non-hydrogen) atoms. The van der Waals surface area contributed by atoms with Crippen molar-refractivity contribution in [2.45, 2.75) is 44.6 Å². The molecule has 7 heteroatoms. The number of nitrogens with zero attached hydrogens (tertiary/aromatic N) is 2. The number of rotatable bonds is 6. The van der Waals surface area contributed by atoms with Gasteiger partial charge in [0, 0.05) is 6.54 Å². The Morgan fingerprint density at radius 3 is 2.63 bits per heavy atom. The van der Waals surface area contributed by atoms with E-state index >= 15 is 0 Å². The van der Waals surface area contributed by atoms with Crippen molar-refractivity contribution in [3.63, 3.8) is 0 Å². The quantitative estimate of drug-likeness (QED) is 0.801. The van der Waals surface area contributed by atoms with Crippen LogP contribution in [-0.2, 0) is 16.6 Å². The van der Waals surface area contributed by atoms with Gasteiger partial charge >= 0.3 is 0 Å². The van der Waals surface area contributed by atoms with Crippen LogP contribution in [0.15, 0.2) is 4.90 Å². The minimum atomic E-state index is -3.51. The topological polar surface area (TPSA) is 84.2 Å². The molecule has 1 heterocycles. The first-order chi connectivity index (χ1) is 8.95. The highest BCUT2D eigenvalue weighted by Gasteiger charge is 2.26. The number of aliphatic hydroxyl groups excluding tert-OH is 1. The summed E-state index contributed by atoms with van der Waals surface area (Å²) in [6.45, 7) is 4.15. The highest BCUT2D eigenvalue weighted by molar-refractivity contribution is 7.89. The van der Waals surface area contributed by atoms with E-state index in [4.69, 9.17) is 5.11 Å². The Morgan fingerprint density at radius 2 is 2.11 bits per heavy atom. The maximum atomic E-state index is 12.3. The van der Waals surface area contributed by atoms with Crippen molar-refractivity contribution in [3.8, 4) is 0 Å². The van der Waals surface area contributed by atoms with Crippen molar-refractivity contribution in [1.82, 2.24) is 14.5 Å². The van der Waals surface area contributed by atoms with Crippen molar-refractivity contribution >= 4 is 10.0 Å². The molecule has 0 aromatic carbocycles. The van der Waals surface area contributed by atoms with Crippen molar-refractivity contribution < 1.29 is 13.5 Å². The van der Waals surface area contributed by atoms with Crippen molar-refractivity contribution in [2.24, 2.45) is 5.92 Å². The van der Waals surface area contributed by atoms with Gasteiger partial charge in [-0.05, 0) is 32.6 Å². The number of aromatic nitrogens is 2. The Bertz CT molecular complexity index is 547. The fourth-order valence-corrected chi connectivity index (χ4v) is 3.90. The fraction of sp³-hybridized carbons (Fsp3) is 0.750. The predicted molar refractivity (Wildman–Crippen MR) is 71.3 cm³/mol. The summed E-state index contributed by atoms with van der Waals surface area (Å²) in [5.41, 5.74) is 1.06. The molecule has 0 spiro atoms. The minimum Gasteiger partial charge on any atom is -0.394 e. The summed E-state index contributed by atoms with van der Waals surface area (Å²) in [5.74, 6) is 0.475. The largest absolute Gasteiger partial charge is 0.394 e. The second kappa shape index (κ2) is 5.60. The van der Waals surface area contributed by atoms with Gasteiger partial charge < -0.3 is 5.11 Å². The zero-order chi connectivity index (χ0) is 14.0. The third-order valence-electron chi connectivity index (χ3n) is 3.68. The van der Waals surface area contributed by atoms with Gasteiger partial charge in [-0.3, -0.25) is 4.68 Å². The second-order valence-corrected chi connectivity index (χ2v) is 6.80. The number of aliphatic hydroxyl groups is 1.